The van der Waals surface area contributed by atoms with Crippen LogP contribution in [-0.4, -0.2) is 34.6 Å². The van der Waals surface area contributed by atoms with Crippen molar-refractivity contribution in [3.63, 3.8) is 0 Å². The molecule has 1 amide bonds. The molecule has 1 rings (SSSR count). The number of nitrogens with zero attached hydrogens (tertiary/aromatic N) is 3. The average molecular weight is 224 g/mol. The maximum absolute atomic E-state index is 11.2. The highest BCUT2D eigenvalue weighted by Gasteiger charge is 2.06. The largest absolute Gasteiger partial charge is 0.426 e. The zero-order valence-electron chi connectivity index (χ0n) is 9.89. The number of aromatic nitrogens is 2. The minimum atomic E-state index is -0.268. The first-order valence-electron chi connectivity index (χ1n) is 4.89. The van der Waals surface area contributed by atoms with E-state index in [1.165, 1.54) is 23.5 Å². The van der Waals surface area contributed by atoms with Crippen LogP contribution in [0.2, 0.25) is 0 Å². The van der Waals surface area contributed by atoms with Gasteiger partial charge in [-0.25, -0.2) is 9.78 Å². The first-order valence-corrected chi connectivity index (χ1v) is 4.89. The SMILES string of the molecule is CNC(=O)n1cnc(OC=NC(C)(C)C)c1. The third kappa shape index (κ3) is 3.72. The molecule has 0 radical (unpaired) electrons. The van der Waals surface area contributed by atoms with E-state index in [0.717, 1.165) is 0 Å². The van der Waals surface area contributed by atoms with Crippen molar-refractivity contribution < 1.29 is 9.53 Å². The van der Waals surface area contributed by atoms with Gasteiger partial charge in [0.2, 0.25) is 5.88 Å². The second-order valence-electron chi connectivity index (χ2n) is 4.20. The van der Waals surface area contributed by atoms with E-state index in [4.69, 9.17) is 4.74 Å². The molecule has 88 valence electrons. The van der Waals surface area contributed by atoms with Crippen LogP contribution in [0.25, 0.3) is 0 Å². The number of carbonyl (C=O) groups excluding carboxylic acids is 1. The Morgan fingerprint density at radius 3 is 2.88 bits per heavy atom. The molecule has 0 saturated carbocycles. The van der Waals surface area contributed by atoms with Gasteiger partial charge in [-0.2, -0.15) is 0 Å². The molecule has 1 aromatic rings. The zero-order chi connectivity index (χ0) is 12.2. The number of nitrogens with one attached hydrogen (secondary N) is 1. The summed E-state index contributed by atoms with van der Waals surface area (Å²) in [5.74, 6) is 0.330. The molecule has 0 aromatic carbocycles. The Morgan fingerprint density at radius 2 is 2.31 bits per heavy atom. The van der Waals surface area contributed by atoms with Crippen LogP contribution in [-0.2, 0) is 0 Å². The van der Waals surface area contributed by atoms with Gasteiger partial charge in [0, 0.05) is 7.05 Å². The van der Waals surface area contributed by atoms with Crippen LogP contribution in [0, 0.1) is 0 Å². The number of carbonyl (C=O) groups is 1. The summed E-state index contributed by atoms with van der Waals surface area (Å²) < 4.78 is 6.45. The molecular formula is C10H16N4O2. The number of imidazole rings is 1. The van der Waals surface area contributed by atoms with E-state index in [1.807, 2.05) is 20.8 Å². The lowest BCUT2D eigenvalue weighted by molar-refractivity contribution is 0.244. The highest BCUT2D eigenvalue weighted by molar-refractivity contribution is 5.76. The van der Waals surface area contributed by atoms with Gasteiger partial charge in [0.1, 0.15) is 6.33 Å². The van der Waals surface area contributed by atoms with Crippen molar-refractivity contribution in [2.75, 3.05) is 7.05 Å². The lowest BCUT2D eigenvalue weighted by atomic mass is 10.1. The molecule has 0 aliphatic heterocycles. The number of amides is 1. The first kappa shape index (κ1) is 12.2. The summed E-state index contributed by atoms with van der Waals surface area (Å²) in [5.41, 5.74) is -0.191. The van der Waals surface area contributed by atoms with Gasteiger partial charge in [0.05, 0.1) is 11.7 Å². The molecule has 6 nitrogen and oxygen atoms in total. The standard InChI is InChI=1S/C10H16N4O2/c1-10(2,3)13-7-16-8-5-14(6-12-8)9(15)11-4/h5-7H,1-4H3,(H,11,15). The van der Waals surface area contributed by atoms with Crippen molar-refractivity contribution in [2.24, 2.45) is 4.99 Å². The lowest BCUT2D eigenvalue weighted by Gasteiger charge is -2.09. The second kappa shape index (κ2) is 4.78. The fourth-order valence-corrected chi connectivity index (χ4v) is 0.844. The van der Waals surface area contributed by atoms with Crippen molar-refractivity contribution in [3.05, 3.63) is 12.5 Å². The number of hydrogen-bond acceptors (Lipinski definition) is 4. The van der Waals surface area contributed by atoms with Gasteiger partial charge in [-0.3, -0.25) is 9.56 Å². The summed E-state index contributed by atoms with van der Waals surface area (Å²) in [6, 6.07) is -0.268. The fraction of sp³-hybridized carbons (Fsp3) is 0.500. The van der Waals surface area contributed by atoms with Crippen molar-refractivity contribution in [3.8, 4) is 5.88 Å². The molecule has 0 atom stereocenters. The Balaban J connectivity index is 2.60. The average Bonchev–Trinajstić information content (AvgIpc) is 2.63. The van der Waals surface area contributed by atoms with Crippen LogP contribution < -0.4 is 10.1 Å². The molecule has 0 aliphatic rings. The van der Waals surface area contributed by atoms with Crippen molar-refractivity contribution in [1.29, 1.82) is 0 Å². The van der Waals surface area contributed by atoms with Gasteiger partial charge >= 0.3 is 6.03 Å². The number of ether oxygens (including phenoxy) is 1. The highest BCUT2D eigenvalue weighted by atomic mass is 16.5. The molecule has 1 N–H and O–H groups in total. The Bertz CT molecular complexity index is 390. The lowest BCUT2D eigenvalue weighted by Crippen LogP contribution is -2.22. The Kier molecular flexibility index (Phi) is 3.65. The van der Waals surface area contributed by atoms with E-state index in [9.17, 15) is 4.79 Å². The molecule has 0 aliphatic carbocycles. The Labute approximate surface area is 94.3 Å². The van der Waals surface area contributed by atoms with Crippen molar-refractivity contribution >= 4 is 12.4 Å². The second-order valence-corrected chi connectivity index (χ2v) is 4.20. The molecule has 16 heavy (non-hydrogen) atoms. The predicted molar refractivity (Wildman–Crippen MR) is 61.0 cm³/mol. The van der Waals surface area contributed by atoms with Gasteiger partial charge in [0.15, 0.2) is 6.40 Å². The van der Waals surface area contributed by atoms with Gasteiger partial charge in [-0.1, -0.05) is 0 Å². The summed E-state index contributed by atoms with van der Waals surface area (Å²) in [4.78, 5) is 19.2. The van der Waals surface area contributed by atoms with E-state index in [0.29, 0.717) is 5.88 Å². The zero-order valence-corrected chi connectivity index (χ0v) is 9.89. The fourth-order valence-electron chi connectivity index (χ4n) is 0.844. The molecule has 0 saturated heterocycles. The highest BCUT2D eigenvalue weighted by Crippen LogP contribution is 2.07. The minimum absolute atomic E-state index is 0.191. The maximum Gasteiger partial charge on any atom is 0.326 e. The Morgan fingerprint density at radius 1 is 1.62 bits per heavy atom. The van der Waals surface area contributed by atoms with Crippen LogP contribution >= 0.6 is 0 Å². The number of aliphatic imine (C=N–C) groups is 1. The summed E-state index contributed by atoms with van der Waals surface area (Å²) in [5, 5.41) is 2.47. The quantitative estimate of drug-likeness (QED) is 0.607. The van der Waals surface area contributed by atoms with Crippen LogP contribution in [0.15, 0.2) is 17.5 Å². The van der Waals surface area contributed by atoms with Gasteiger partial charge < -0.3 is 10.1 Å². The van der Waals surface area contributed by atoms with Crippen molar-refractivity contribution in [2.45, 2.75) is 26.3 Å². The van der Waals surface area contributed by atoms with Gasteiger partial charge in [-0.05, 0) is 20.8 Å². The monoisotopic (exact) mass is 224 g/mol. The van der Waals surface area contributed by atoms with Crippen molar-refractivity contribution in [1.82, 2.24) is 14.9 Å². The summed E-state index contributed by atoms with van der Waals surface area (Å²) in [7, 11) is 1.55. The van der Waals surface area contributed by atoms with Gasteiger partial charge in [0.25, 0.3) is 0 Å². The first-order chi connectivity index (χ1) is 7.42. The topological polar surface area (TPSA) is 68.5 Å². The summed E-state index contributed by atoms with van der Waals surface area (Å²) in [6.07, 6.45) is 4.18. The van der Waals surface area contributed by atoms with E-state index >= 15 is 0 Å². The third-order valence-corrected chi connectivity index (χ3v) is 1.62. The summed E-state index contributed by atoms with van der Waals surface area (Å²) in [6.45, 7) is 5.86. The number of rotatable bonds is 2. The van der Waals surface area contributed by atoms with Gasteiger partial charge in [-0.15, -0.1) is 0 Å². The smallest absolute Gasteiger partial charge is 0.326 e. The van der Waals surface area contributed by atoms with E-state index in [-0.39, 0.29) is 11.6 Å². The van der Waals surface area contributed by atoms with Crippen LogP contribution in [0.4, 0.5) is 4.79 Å². The normalized spacial score (nSPS) is 11.8. The molecule has 0 fully saturated rings. The number of hydrogen-bond donors (Lipinski definition) is 1. The molecule has 1 aromatic heterocycles. The third-order valence-electron chi connectivity index (χ3n) is 1.62. The molecule has 1 heterocycles. The van der Waals surface area contributed by atoms with E-state index in [2.05, 4.69) is 15.3 Å². The molecule has 0 unspecified atom stereocenters. The summed E-state index contributed by atoms with van der Waals surface area (Å²) >= 11 is 0. The molecule has 0 spiro atoms. The molecule has 6 heteroatoms. The van der Waals surface area contributed by atoms with Crippen LogP contribution in [0.5, 0.6) is 5.88 Å². The maximum atomic E-state index is 11.2. The van der Waals surface area contributed by atoms with Crippen LogP contribution in [0.3, 0.4) is 0 Å². The minimum Gasteiger partial charge on any atom is -0.426 e. The molecular weight excluding hydrogens is 208 g/mol. The predicted octanol–water partition coefficient (Wildman–Crippen LogP) is 1.28. The molecule has 0 bridgehead atoms. The van der Waals surface area contributed by atoms with E-state index < -0.39 is 0 Å². The van der Waals surface area contributed by atoms with E-state index in [1.54, 1.807) is 7.05 Å². The van der Waals surface area contributed by atoms with Crippen LogP contribution in [0.1, 0.15) is 20.8 Å². The Hall–Kier alpha value is -1.85.